The molecule has 33 heavy (non-hydrogen) atoms. The van der Waals surface area contributed by atoms with Crippen molar-refractivity contribution in [1.29, 1.82) is 0 Å². The smallest absolute Gasteiger partial charge is 0.248 e. The molecule has 0 spiro atoms. The van der Waals surface area contributed by atoms with Crippen LogP contribution in [0.4, 0.5) is 0 Å². The fourth-order valence-corrected chi connectivity index (χ4v) is 5.78. The summed E-state index contributed by atoms with van der Waals surface area (Å²) >= 11 is 0. The molecule has 3 rings (SSSR count). The minimum Gasteiger partial charge on any atom is -0.497 e. The number of amides is 2. The number of hydrogen-bond donors (Lipinski definition) is 2. The number of methoxy groups -OCH3 is 1. The van der Waals surface area contributed by atoms with E-state index in [0.29, 0.717) is 49.3 Å². The molecule has 1 saturated heterocycles. The van der Waals surface area contributed by atoms with Crippen LogP contribution >= 0.6 is 0 Å². The highest BCUT2D eigenvalue weighted by Crippen LogP contribution is 2.34. The highest BCUT2D eigenvalue weighted by atomic mass is 32.2. The monoisotopic (exact) mass is 481 g/mol. The van der Waals surface area contributed by atoms with E-state index in [2.05, 4.69) is 0 Å². The lowest BCUT2D eigenvalue weighted by molar-refractivity contribution is -0.148. The van der Waals surface area contributed by atoms with E-state index in [0.717, 1.165) is 25.7 Å². The molecule has 10 heteroatoms. The molecule has 0 bridgehead atoms. The Morgan fingerprint density at radius 1 is 1.21 bits per heavy atom. The first kappa shape index (κ1) is 25.6. The molecule has 1 aromatic carbocycles. The number of morpholine rings is 1. The molecule has 1 heterocycles. The summed E-state index contributed by atoms with van der Waals surface area (Å²) in [6.45, 7) is 1.99. The Kier molecular flexibility index (Phi) is 9.66. The molecule has 1 aromatic rings. The molecule has 2 amide bonds. The van der Waals surface area contributed by atoms with Gasteiger partial charge in [0.25, 0.3) is 0 Å². The predicted molar refractivity (Wildman–Crippen MR) is 123 cm³/mol. The second-order valence-electron chi connectivity index (χ2n) is 8.75. The summed E-state index contributed by atoms with van der Waals surface area (Å²) < 4.78 is 25.2. The first-order chi connectivity index (χ1) is 15.9. The summed E-state index contributed by atoms with van der Waals surface area (Å²) in [6.07, 6.45) is 4.90. The first-order valence-electron chi connectivity index (χ1n) is 11.5. The third-order valence-corrected chi connectivity index (χ3v) is 8.02. The van der Waals surface area contributed by atoms with Crippen LogP contribution in [-0.2, 0) is 25.3 Å². The largest absolute Gasteiger partial charge is 0.497 e. The SMILES string of the molecule is COc1ccc(S(=O)N(C)CC(C(=O)NO)C(CC2CCCC2)C(=O)N2CCOCC2)cc1. The van der Waals surface area contributed by atoms with E-state index in [-0.39, 0.29) is 12.5 Å². The van der Waals surface area contributed by atoms with Crippen molar-refractivity contribution < 1.29 is 28.5 Å². The van der Waals surface area contributed by atoms with Gasteiger partial charge in [0.05, 0.1) is 37.1 Å². The van der Waals surface area contributed by atoms with E-state index in [1.54, 1.807) is 53.1 Å². The Balaban J connectivity index is 1.80. The second kappa shape index (κ2) is 12.5. The number of carbonyl (C=O) groups is 2. The van der Waals surface area contributed by atoms with Crippen LogP contribution in [0.25, 0.3) is 0 Å². The number of nitrogens with one attached hydrogen (secondary N) is 1. The zero-order valence-electron chi connectivity index (χ0n) is 19.4. The first-order valence-corrected chi connectivity index (χ1v) is 12.6. The Morgan fingerprint density at radius 3 is 2.42 bits per heavy atom. The summed E-state index contributed by atoms with van der Waals surface area (Å²) in [5, 5.41) is 9.48. The molecule has 0 radical (unpaired) electrons. The third kappa shape index (κ3) is 6.75. The number of hydrogen-bond acceptors (Lipinski definition) is 6. The number of hydroxylamine groups is 1. The lowest BCUT2D eigenvalue weighted by Gasteiger charge is -2.35. The number of ether oxygens (including phenoxy) is 2. The normalized spacial score (nSPS) is 19.8. The van der Waals surface area contributed by atoms with Crippen molar-refractivity contribution in [2.45, 2.75) is 37.0 Å². The van der Waals surface area contributed by atoms with Crippen LogP contribution in [0.3, 0.4) is 0 Å². The van der Waals surface area contributed by atoms with Gasteiger partial charge in [0.15, 0.2) is 0 Å². The van der Waals surface area contributed by atoms with Gasteiger partial charge in [0, 0.05) is 26.7 Å². The molecule has 2 fully saturated rings. The van der Waals surface area contributed by atoms with Gasteiger partial charge in [-0.25, -0.2) is 14.0 Å². The van der Waals surface area contributed by atoms with Gasteiger partial charge in [-0.1, -0.05) is 25.7 Å². The molecule has 1 aliphatic carbocycles. The van der Waals surface area contributed by atoms with Gasteiger partial charge in [-0.05, 0) is 36.6 Å². The lowest BCUT2D eigenvalue weighted by atomic mass is 9.82. The van der Waals surface area contributed by atoms with Crippen molar-refractivity contribution in [1.82, 2.24) is 14.7 Å². The lowest BCUT2D eigenvalue weighted by Crippen LogP contribution is -2.50. The number of carbonyl (C=O) groups excluding carboxylic acids is 2. The van der Waals surface area contributed by atoms with Crippen molar-refractivity contribution in [2.75, 3.05) is 47.0 Å². The van der Waals surface area contributed by atoms with Crippen molar-refractivity contribution in [3.05, 3.63) is 24.3 Å². The molecule has 1 saturated carbocycles. The molecule has 3 atom stereocenters. The molecule has 1 aliphatic heterocycles. The van der Waals surface area contributed by atoms with Crippen LogP contribution in [0.5, 0.6) is 5.75 Å². The Bertz CT molecular complexity index is 809. The fraction of sp³-hybridized carbons (Fsp3) is 0.652. The average molecular weight is 482 g/mol. The minimum absolute atomic E-state index is 0.0680. The zero-order chi connectivity index (χ0) is 23.8. The van der Waals surface area contributed by atoms with Crippen LogP contribution in [-0.4, -0.2) is 77.4 Å². The molecule has 3 unspecified atom stereocenters. The van der Waals surface area contributed by atoms with Gasteiger partial charge in [-0.3, -0.25) is 14.8 Å². The Morgan fingerprint density at radius 2 is 1.85 bits per heavy atom. The van der Waals surface area contributed by atoms with Crippen molar-refractivity contribution in [3.8, 4) is 5.75 Å². The number of benzene rings is 1. The van der Waals surface area contributed by atoms with Crippen molar-refractivity contribution in [2.24, 2.45) is 17.8 Å². The minimum atomic E-state index is -1.54. The molecule has 9 nitrogen and oxygen atoms in total. The Labute approximate surface area is 198 Å². The van der Waals surface area contributed by atoms with Gasteiger partial charge in [-0.2, -0.15) is 0 Å². The molecular weight excluding hydrogens is 446 g/mol. The predicted octanol–water partition coefficient (Wildman–Crippen LogP) is 1.83. The van der Waals surface area contributed by atoms with E-state index < -0.39 is 28.7 Å². The highest BCUT2D eigenvalue weighted by molar-refractivity contribution is 7.82. The maximum absolute atomic E-state index is 13.5. The quantitative estimate of drug-likeness (QED) is 0.390. The van der Waals surface area contributed by atoms with Crippen molar-refractivity contribution in [3.63, 3.8) is 0 Å². The summed E-state index contributed by atoms with van der Waals surface area (Å²) in [5.74, 6) is -1.14. The van der Waals surface area contributed by atoms with E-state index in [4.69, 9.17) is 9.47 Å². The molecule has 2 N–H and O–H groups in total. The number of rotatable bonds is 10. The number of nitrogens with zero attached hydrogens (tertiary/aromatic N) is 2. The van der Waals surface area contributed by atoms with E-state index in [1.807, 2.05) is 0 Å². The molecule has 0 aromatic heterocycles. The van der Waals surface area contributed by atoms with Gasteiger partial charge in [-0.15, -0.1) is 0 Å². The molecular formula is C23H35N3O6S. The van der Waals surface area contributed by atoms with E-state index in [9.17, 15) is 19.0 Å². The maximum Gasteiger partial charge on any atom is 0.248 e. The van der Waals surface area contributed by atoms with Gasteiger partial charge >= 0.3 is 0 Å². The van der Waals surface area contributed by atoms with Gasteiger partial charge < -0.3 is 14.4 Å². The van der Waals surface area contributed by atoms with Crippen LogP contribution in [0.1, 0.15) is 32.1 Å². The summed E-state index contributed by atoms with van der Waals surface area (Å²) in [7, 11) is 1.67. The van der Waals surface area contributed by atoms with Crippen LogP contribution < -0.4 is 10.2 Å². The van der Waals surface area contributed by atoms with Crippen LogP contribution in [0, 0.1) is 17.8 Å². The highest BCUT2D eigenvalue weighted by Gasteiger charge is 2.39. The molecule has 184 valence electrons. The van der Waals surface area contributed by atoms with Crippen LogP contribution in [0.15, 0.2) is 29.2 Å². The van der Waals surface area contributed by atoms with Crippen molar-refractivity contribution >= 4 is 22.8 Å². The zero-order valence-corrected chi connectivity index (χ0v) is 20.2. The van der Waals surface area contributed by atoms with E-state index >= 15 is 0 Å². The Hall–Kier alpha value is -2.01. The topological polar surface area (TPSA) is 108 Å². The molecule has 2 aliphatic rings. The van der Waals surface area contributed by atoms with Gasteiger partial charge in [0.2, 0.25) is 11.8 Å². The summed E-state index contributed by atoms with van der Waals surface area (Å²) in [6, 6.07) is 6.87. The maximum atomic E-state index is 13.5. The van der Waals surface area contributed by atoms with Gasteiger partial charge in [0.1, 0.15) is 16.7 Å². The summed E-state index contributed by atoms with van der Waals surface area (Å²) in [4.78, 5) is 28.6. The van der Waals surface area contributed by atoms with E-state index in [1.165, 1.54) is 0 Å². The second-order valence-corrected chi connectivity index (χ2v) is 10.3. The fourth-order valence-electron chi connectivity index (χ4n) is 4.75. The van der Waals surface area contributed by atoms with Crippen LogP contribution in [0.2, 0.25) is 0 Å². The third-order valence-electron chi connectivity index (χ3n) is 6.63. The summed E-state index contributed by atoms with van der Waals surface area (Å²) in [5.41, 5.74) is 1.75. The standard InChI is InChI=1S/C23H35N3O6S/c1-25(33(30)19-9-7-18(31-2)8-10-19)16-21(22(27)24-29)20(15-17-5-3-4-6-17)23(28)26-11-13-32-14-12-26/h7-10,17,20-21,29H,3-6,11-16H2,1-2H3,(H,24,27). The average Bonchev–Trinajstić information content (AvgIpc) is 3.38.